The van der Waals surface area contributed by atoms with E-state index in [1.54, 1.807) is 17.4 Å². The first kappa shape index (κ1) is 11.4. The minimum absolute atomic E-state index is 0.349. The Morgan fingerprint density at radius 2 is 2.39 bits per heavy atom. The third kappa shape index (κ3) is 2.30. The van der Waals surface area contributed by atoms with Crippen molar-refractivity contribution in [3.05, 3.63) is 39.9 Å². The largest absolute Gasteiger partial charge is 0.477 e. The zero-order chi connectivity index (χ0) is 12.4. The number of halogens is 1. The van der Waals surface area contributed by atoms with E-state index in [0.717, 1.165) is 6.42 Å². The van der Waals surface area contributed by atoms with Crippen molar-refractivity contribution in [1.29, 1.82) is 0 Å². The first-order chi connectivity index (χ1) is 8.83. The zero-order valence-corrected chi connectivity index (χ0v) is 10.9. The standard InChI is InChI=1S/C11H9ClN4OS/c12-9-6-10(16-11(15-9)13-7-14-16)17-4-3-8-2-1-5-18-8/h1-2,5-7H,3-4H2. The molecule has 0 amide bonds. The molecule has 0 saturated carbocycles. The summed E-state index contributed by atoms with van der Waals surface area (Å²) in [6.45, 7) is 0.565. The predicted molar refractivity (Wildman–Crippen MR) is 69.3 cm³/mol. The van der Waals surface area contributed by atoms with Crippen LogP contribution in [0.1, 0.15) is 4.88 Å². The Morgan fingerprint density at radius 3 is 3.22 bits per heavy atom. The average Bonchev–Trinajstić information content (AvgIpc) is 2.98. The van der Waals surface area contributed by atoms with Gasteiger partial charge in [-0.25, -0.2) is 0 Å². The SMILES string of the molecule is Clc1cc(OCCc2cccs2)n2ncnc2n1. The van der Waals surface area contributed by atoms with Crippen molar-refractivity contribution in [2.24, 2.45) is 0 Å². The second-order valence-corrected chi connectivity index (χ2v) is 4.99. The molecule has 0 N–H and O–H groups in total. The number of ether oxygens (including phenoxy) is 1. The van der Waals surface area contributed by atoms with Crippen LogP contribution in [0.25, 0.3) is 5.78 Å². The Hall–Kier alpha value is -1.66. The monoisotopic (exact) mass is 280 g/mol. The Kier molecular flexibility index (Phi) is 3.12. The normalized spacial score (nSPS) is 10.9. The number of aromatic nitrogens is 4. The van der Waals surface area contributed by atoms with E-state index < -0.39 is 0 Å². The van der Waals surface area contributed by atoms with E-state index in [0.29, 0.717) is 23.4 Å². The Bertz CT molecular complexity index is 652. The van der Waals surface area contributed by atoms with Crippen LogP contribution in [0, 0.1) is 0 Å². The molecule has 92 valence electrons. The summed E-state index contributed by atoms with van der Waals surface area (Å²) < 4.78 is 7.20. The molecule has 0 radical (unpaired) electrons. The summed E-state index contributed by atoms with van der Waals surface area (Å²) in [6, 6.07) is 5.75. The molecule has 3 aromatic rings. The summed E-state index contributed by atoms with van der Waals surface area (Å²) in [5, 5.41) is 6.44. The third-order valence-electron chi connectivity index (χ3n) is 2.37. The number of hydrogen-bond acceptors (Lipinski definition) is 5. The quantitative estimate of drug-likeness (QED) is 0.689. The van der Waals surface area contributed by atoms with E-state index in [2.05, 4.69) is 21.1 Å². The van der Waals surface area contributed by atoms with Crippen LogP contribution >= 0.6 is 22.9 Å². The van der Waals surface area contributed by atoms with Crippen molar-refractivity contribution in [1.82, 2.24) is 19.6 Å². The summed E-state index contributed by atoms with van der Waals surface area (Å²) in [4.78, 5) is 9.29. The summed E-state index contributed by atoms with van der Waals surface area (Å²) in [7, 11) is 0. The van der Waals surface area contributed by atoms with Crippen LogP contribution in [0.2, 0.25) is 5.15 Å². The van der Waals surface area contributed by atoms with Gasteiger partial charge in [0.2, 0.25) is 5.88 Å². The van der Waals surface area contributed by atoms with Crippen molar-refractivity contribution < 1.29 is 4.74 Å². The molecule has 0 aliphatic rings. The van der Waals surface area contributed by atoms with Crippen LogP contribution in [0.15, 0.2) is 29.9 Å². The van der Waals surface area contributed by atoms with E-state index in [1.807, 2.05) is 11.4 Å². The fourth-order valence-corrected chi connectivity index (χ4v) is 2.43. The van der Waals surface area contributed by atoms with Crippen LogP contribution in [-0.4, -0.2) is 26.2 Å². The molecular weight excluding hydrogens is 272 g/mol. The van der Waals surface area contributed by atoms with Crippen molar-refractivity contribution in [2.45, 2.75) is 6.42 Å². The van der Waals surface area contributed by atoms with E-state index in [1.165, 1.54) is 15.7 Å². The van der Waals surface area contributed by atoms with Crippen LogP contribution < -0.4 is 4.74 Å². The molecule has 3 rings (SSSR count). The maximum atomic E-state index is 5.89. The predicted octanol–water partition coefficient (Wildman–Crippen LogP) is 2.46. The molecule has 0 saturated heterocycles. The number of nitrogens with zero attached hydrogens (tertiary/aromatic N) is 4. The molecule has 0 aliphatic heterocycles. The average molecular weight is 281 g/mol. The van der Waals surface area contributed by atoms with Crippen LogP contribution in [0.3, 0.4) is 0 Å². The number of thiophene rings is 1. The number of fused-ring (bicyclic) bond motifs is 1. The highest BCUT2D eigenvalue weighted by Crippen LogP contribution is 2.17. The van der Waals surface area contributed by atoms with Gasteiger partial charge in [-0.2, -0.15) is 19.6 Å². The minimum Gasteiger partial charge on any atom is -0.477 e. The van der Waals surface area contributed by atoms with E-state index in [4.69, 9.17) is 16.3 Å². The van der Waals surface area contributed by atoms with Gasteiger partial charge in [-0.05, 0) is 11.4 Å². The summed E-state index contributed by atoms with van der Waals surface area (Å²) in [6.07, 6.45) is 2.28. The fraction of sp³-hybridized carbons (Fsp3) is 0.182. The number of rotatable bonds is 4. The molecule has 18 heavy (non-hydrogen) atoms. The van der Waals surface area contributed by atoms with Crippen molar-refractivity contribution in [2.75, 3.05) is 6.61 Å². The maximum Gasteiger partial charge on any atom is 0.256 e. The van der Waals surface area contributed by atoms with Gasteiger partial charge in [-0.3, -0.25) is 0 Å². The van der Waals surface area contributed by atoms with E-state index in [9.17, 15) is 0 Å². The molecular formula is C11H9ClN4OS. The highest BCUT2D eigenvalue weighted by Gasteiger charge is 2.07. The molecule has 5 nitrogen and oxygen atoms in total. The summed E-state index contributed by atoms with van der Waals surface area (Å²) >= 11 is 7.60. The highest BCUT2D eigenvalue weighted by atomic mass is 35.5. The van der Waals surface area contributed by atoms with Gasteiger partial charge in [0.15, 0.2) is 0 Å². The smallest absolute Gasteiger partial charge is 0.256 e. The van der Waals surface area contributed by atoms with Crippen LogP contribution in [-0.2, 0) is 6.42 Å². The van der Waals surface area contributed by atoms with Gasteiger partial charge < -0.3 is 4.74 Å². The Morgan fingerprint density at radius 1 is 1.44 bits per heavy atom. The van der Waals surface area contributed by atoms with Gasteiger partial charge in [-0.15, -0.1) is 11.3 Å². The van der Waals surface area contributed by atoms with E-state index in [-0.39, 0.29) is 0 Å². The Labute approximate surface area is 112 Å². The third-order valence-corrected chi connectivity index (χ3v) is 3.50. The van der Waals surface area contributed by atoms with Gasteiger partial charge >= 0.3 is 0 Å². The molecule has 0 bridgehead atoms. The van der Waals surface area contributed by atoms with Crippen molar-refractivity contribution in [3.63, 3.8) is 0 Å². The first-order valence-electron chi connectivity index (χ1n) is 5.34. The topological polar surface area (TPSA) is 52.3 Å². The van der Waals surface area contributed by atoms with Gasteiger partial charge in [0.1, 0.15) is 11.5 Å². The summed E-state index contributed by atoms with van der Waals surface area (Å²) in [5.74, 6) is 0.993. The molecule has 0 aromatic carbocycles. The fourth-order valence-electron chi connectivity index (χ4n) is 1.57. The number of hydrogen-bond donors (Lipinski definition) is 0. The minimum atomic E-state index is 0.349. The molecule has 3 aromatic heterocycles. The van der Waals surface area contributed by atoms with Crippen molar-refractivity contribution in [3.8, 4) is 5.88 Å². The second kappa shape index (κ2) is 4.91. The molecule has 0 fully saturated rings. The maximum absolute atomic E-state index is 5.89. The Balaban J connectivity index is 1.75. The molecule has 0 atom stereocenters. The van der Waals surface area contributed by atoms with Gasteiger partial charge in [0.25, 0.3) is 5.78 Å². The first-order valence-corrected chi connectivity index (χ1v) is 6.60. The van der Waals surface area contributed by atoms with E-state index >= 15 is 0 Å². The van der Waals surface area contributed by atoms with Gasteiger partial charge in [0.05, 0.1) is 6.61 Å². The molecule has 3 heterocycles. The second-order valence-electron chi connectivity index (χ2n) is 3.57. The van der Waals surface area contributed by atoms with Gasteiger partial charge in [0, 0.05) is 17.4 Å². The molecule has 0 spiro atoms. The van der Waals surface area contributed by atoms with Crippen LogP contribution in [0.4, 0.5) is 0 Å². The highest BCUT2D eigenvalue weighted by molar-refractivity contribution is 7.09. The lowest BCUT2D eigenvalue weighted by molar-refractivity contribution is 0.302. The molecule has 0 unspecified atom stereocenters. The lowest BCUT2D eigenvalue weighted by atomic mass is 10.4. The lowest BCUT2D eigenvalue weighted by Gasteiger charge is -2.06. The molecule has 0 aliphatic carbocycles. The molecule has 7 heteroatoms. The van der Waals surface area contributed by atoms with Crippen LogP contribution in [0.5, 0.6) is 5.88 Å². The lowest BCUT2D eigenvalue weighted by Crippen LogP contribution is -2.05. The zero-order valence-electron chi connectivity index (χ0n) is 9.28. The summed E-state index contributed by atoms with van der Waals surface area (Å²) in [5.41, 5.74) is 0. The van der Waals surface area contributed by atoms with Gasteiger partial charge in [-0.1, -0.05) is 17.7 Å². The van der Waals surface area contributed by atoms with Crippen molar-refractivity contribution >= 4 is 28.7 Å².